The van der Waals surface area contributed by atoms with Gasteiger partial charge in [0.25, 0.3) is 0 Å². The van der Waals surface area contributed by atoms with E-state index in [4.69, 9.17) is 28.1 Å². The molecule has 0 radical (unpaired) electrons. The number of nitrogens with two attached hydrogens (primary N) is 2. The van der Waals surface area contributed by atoms with Crippen LogP contribution in [0, 0.1) is 12.8 Å². The number of hydrogen-bond acceptors (Lipinski definition) is 6. The Morgan fingerprint density at radius 1 is 1.09 bits per heavy atom. The molecule has 0 aliphatic rings. The van der Waals surface area contributed by atoms with Gasteiger partial charge in [0.05, 0.1) is 24.0 Å². The van der Waals surface area contributed by atoms with E-state index in [0.717, 1.165) is 33.8 Å². The summed E-state index contributed by atoms with van der Waals surface area (Å²) in [6.07, 6.45) is 0.979. The van der Waals surface area contributed by atoms with Crippen molar-refractivity contribution in [1.29, 1.82) is 0 Å². The van der Waals surface area contributed by atoms with Crippen molar-refractivity contribution in [3.05, 3.63) is 93.8 Å². The normalized spacial score (nSPS) is 13.9. The average Bonchev–Trinajstić information content (AvgIpc) is 2.82. The third-order valence-corrected chi connectivity index (χ3v) is 5.89. The van der Waals surface area contributed by atoms with Crippen molar-refractivity contribution in [2.24, 2.45) is 21.6 Å². The van der Waals surface area contributed by atoms with Crippen molar-refractivity contribution in [2.45, 2.75) is 33.8 Å². The molecule has 7 heteroatoms. The number of aromatic nitrogens is 1. The lowest BCUT2D eigenvalue weighted by molar-refractivity contribution is 0.187. The lowest BCUT2D eigenvalue weighted by Crippen LogP contribution is -2.15. The van der Waals surface area contributed by atoms with Crippen LogP contribution in [-0.2, 0) is 0 Å². The van der Waals surface area contributed by atoms with E-state index in [-0.39, 0.29) is 12.5 Å². The molecule has 2 aromatic carbocycles. The highest BCUT2D eigenvalue weighted by Gasteiger charge is 2.17. The minimum Gasteiger partial charge on any atom is -0.398 e. The standard InChI is InChI=1S/C28H32ClN5O/c1-17(2)27(19(4)33-24-13-14-26(29)34-18(24)3)28(31)21-11-8-12-23(30)22(21)15-32-16-25(35)20-9-6-5-7-10-20/h5-15,17,25,35H,16,30-31H2,1-4H3/b28-27-,32-15?,33-19?. The zero-order valence-electron chi connectivity index (χ0n) is 20.5. The van der Waals surface area contributed by atoms with Crippen LogP contribution in [0.15, 0.2) is 76.2 Å². The Bertz CT molecular complexity index is 1270. The number of allylic oxidation sites excluding steroid dienone is 1. The van der Waals surface area contributed by atoms with E-state index in [1.807, 2.05) is 68.4 Å². The molecule has 0 aliphatic heterocycles. The number of hydrogen-bond donors (Lipinski definition) is 3. The molecule has 0 bridgehead atoms. The Labute approximate surface area is 212 Å². The summed E-state index contributed by atoms with van der Waals surface area (Å²) < 4.78 is 0. The second-order valence-corrected chi connectivity index (χ2v) is 9.03. The molecular weight excluding hydrogens is 458 g/mol. The SMILES string of the molecule is CC(=Nc1ccc(Cl)nc1C)/C(=C(\N)c1cccc(N)c1C=NCC(O)c1ccccc1)C(C)C. The summed E-state index contributed by atoms with van der Waals surface area (Å²) in [5.41, 5.74) is 19.7. The topological polar surface area (TPSA) is 110 Å². The smallest absolute Gasteiger partial charge is 0.129 e. The van der Waals surface area contributed by atoms with Gasteiger partial charge in [0.2, 0.25) is 0 Å². The summed E-state index contributed by atoms with van der Waals surface area (Å²) in [4.78, 5) is 13.6. The van der Waals surface area contributed by atoms with Crippen molar-refractivity contribution < 1.29 is 5.11 Å². The maximum absolute atomic E-state index is 10.5. The van der Waals surface area contributed by atoms with Gasteiger partial charge in [-0.25, -0.2) is 4.98 Å². The predicted octanol–water partition coefficient (Wildman–Crippen LogP) is 5.90. The van der Waals surface area contributed by atoms with Crippen molar-refractivity contribution in [3.8, 4) is 0 Å². The van der Waals surface area contributed by atoms with Gasteiger partial charge < -0.3 is 16.6 Å². The van der Waals surface area contributed by atoms with Gasteiger partial charge in [-0.05, 0) is 49.1 Å². The molecule has 0 saturated heterocycles. The van der Waals surface area contributed by atoms with Crippen LogP contribution in [0.1, 0.15) is 49.3 Å². The van der Waals surface area contributed by atoms with E-state index in [0.29, 0.717) is 22.1 Å². The number of anilines is 1. The Morgan fingerprint density at radius 2 is 1.80 bits per heavy atom. The van der Waals surface area contributed by atoms with Crippen LogP contribution >= 0.6 is 11.6 Å². The maximum atomic E-state index is 10.5. The number of rotatable bonds is 8. The first-order chi connectivity index (χ1) is 16.7. The number of nitrogen functional groups attached to an aromatic ring is 1. The first kappa shape index (κ1) is 26.1. The van der Waals surface area contributed by atoms with Gasteiger partial charge in [0.1, 0.15) is 5.15 Å². The Balaban J connectivity index is 1.99. The second-order valence-electron chi connectivity index (χ2n) is 8.65. The van der Waals surface area contributed by atoms with E-state index in [9.17, 15) is 5.11 Å². The molecule has 1 unspecified atom stereocenters. The van der Waals surface area contributed by atoms with Gasteiger partial charge in [0, 0.05) is 34.4 Å². The maximum Gasteiger partial charge on any atom is 0.129 e. The molecule has 0 saturated carbocycles. The van der Waals surface area contributed by atoms with Crippen molar-refractivity contribution >= 4 is 40.6 Å². The molecule has 0 fully saturated rings. The summed E-state index contributed by atoms with van der Waals surface area (Å²) in [7, 11) is 0. The van der Waals surface area contributed by atoms with Crippen LogP contribution < -0.4 is 11.5 Å². The molecule has 35 heavy (non-hydrogen) atoms. The molecular formula is C28H32ClN5O. The van der Waals surface area contributed by atoms with E-state index in [1.54, 1.807) is 12.3 Å². The van der Waals surface area contributed by atoms with E-state index >= 15 is 0 Å². The second kappa shape index (κ2) is 11.8. The van der Waals surface area contributed by atoms with Gasteiger partial charge in [0.15, 0.2) is 0 Å². The number of aliphatic imine (C=N–C) groups is 2. The predicted molar refractivity (Wildman–Crippen MR) is 147 cm³/mol. The molecule has 0 aliphatic carbocycles. The molecule has 1 aromatic heterocycles. The first-order valence-electron chi connectivity index (χ1n) is 11.5. The molecule has 3 aromatic rings. The average molecular weight is 490 g/mol. The van der Waals surface area contributed by atoms with Crippen LogP contribution in [0.25, 0.3) is 5.70 Å². The lowest BCUT2D eigenvalue weighted by Gasteiger charge is -2.18. The quantitative estimate of drug-likeness (QED) is 0.208. The van der Waals surface area contributed by atoms with Crippen LogP contribution in [0.3, 0.4) is 0 Å². The van der Waals surface area contributed by atoms with Crippen LogP contribution in [0.2, 0.25) is 5.15 Å². The third kappa shape index (κ3) is 6.56. The number of halogens is 1. The number of aliphatic hydroxyl groups is 1. The summed E-state index contributed by atoms with van der Waals surface area (Å²) in [5, 5.41) is 10.9. The van der Waals surface area contributed by atoms with Gasteiger partial charge in [-0.2, -0.15) is 0 Å². The summed E-state index contributed by atoms with van der Waals surface area (Å²) in [6.45, 7) is 8.17. The monoisotopic (exact) mass is 489 g/mol. The number of pyridine rings is 1. The summed E-state index contributed by atoms with van der Waals surface area (Å²) in [6, 6.07) is 18.6. The molecule has 0 amide bonds. The molecule has 1 heterocycles. The van der Waals surface area contributed by atoms with Crippen molar-refractivity contribution in [1.82, 2.24) is 4.98 Å². The van der Waals surface area contributed by atoms with Crippen LogP contribution in [0.4, 0.5) is 11.4 Å². The fraction of sp³-hybridized carbons (Fsp3) is 0.250. The van der Waals surface area contributed by atoms with Crippen molar-refractivity contribution in [2.75, 3.05) is 12.3 Å². The molecule has 182 valence electrons. The fourth-order valence-electron chi connectivity index (χ4n) is 3.94. The zero-order chi connectivity index (χ0) is 25.5. The van der Waals surface area contributed by atoms with Gasteiger partial charge in [-0.15, -0.1) is 0 Å². The summed E-state index contributed by atoms with van der Waals surface area (Å²) >= 11 is 6.00. The fourth-order valence-corrected chi connectivity index (χ4v) is 4.13. The number of benzene rings is 2. The minimum atomic E-state index is -0.703. The number of nitrogens with zero attached hydrogens (tertiary/aromatic N) is 3. The minimum absolute atomic E-state index is 0.102. The molecule has 5 N–H and O–H groups in total. The van der Waals surface area contributed by atoms with E-state index < -0.39 is 6.10 Å². The molecule has 0 spiro atoms. The van der Waals surface area contributed by atoms with Gasteiger partial charge in [-0.1, -0.05) is 67.9 Å². The summed E-state index contributed by atoms with van der Waals surface area (Å²) in [5.74, 6) is 0.102. The molecule has 1 atom stereocenters. The van der Waals surface area contributed by atoms with Crippen LogP contribution in [-0.4, -0.2) is 28.6 Å². The number of aliphatic hydroxyl groups excluding tert-OH is 1. The van der Waals surface area contributed by atoms with Gasteiger partial charge in [-0.3, -0.25) is 9.98 Å². The largest absolute Gasteiger partial charge is 0.398 e. The molecule has 3 rings (SSSR count). The van der Waals surface area contributed by atoms with E-state index in [1.165, 1.54) is 0 Å². The Morgan fingerprint density at radius 3 is 2.46 bits per heavy atom. The highest BCUT2D eigenvalue weighted by molar-refractivity contribution is 6.29. The highest BCUT2D eigenvalue weighted by Crippen LogP contribution is 2.28. The van der Waals surface area contributed by atoms with Crippen molar-refractivity contribution in [3.63, 3.8) is 0 Å². The number of aryl methyl sites for hydroxylation is 1. The highest BCUT2D eigenvalue weighted by atomic mass is 35.5. The van der Waals surface area contributed by atoms with Gasteiger partial charge >= 0.3 is 0 Å². The third-order valence-electron chi connectivity index (χ3n) is 5.68. The van der Waals surface area contributed by atoms with Crippen LogP contribution in [0.5, 0.6) is 0 Å². The Hall–Kier alpha value is -3.48. The first-order valence-corrected chi connectivity index (χ1v) is 11.9. The Kier molecular flexibility index (Phi) is 8.79. The zero-order valence-corrected chi connectivity index (χ0v) is 21.3. The van der Waals surface area contributed by atoms with E-state index in [2.05, 4.69) is 23.8 Å². The molecule has 6 nitrogen and oxygen atoms in total. The lowest BCUT2D eigenvalue weighted by atomic mass is 9.91.